The lowest BCUT2D eigenvalue weighted by Crippen LogP contribution is -2.48. The quantitative estimate of drug-likeness (QED) is 0.785. The van der Waals surface area contributed by atoms with Gasteiger partial charge in [0.25, 0.3) is 0 Å². The van der Waals surface area contributed by atoms with Gasteiger partial charge in [-0.1, -0.05) is 13.3 Å². The second kappa shape index (κ2) is 7.33. The van der Waals surface area contributed by atoms with Crippen LogP contribution in [0.3, 0.4) is 0 Å². The van der Waals surface area contributed by atoms with Crippen molar-refractivity contribution in [2.75, 3.05) is 24.7 Å². The topological polar surface area (TPSA) is 77.9 Å². The molecule has 2 saturated heterocycles. The third kappa shape index (κ3) is 3.55. The monoisotopic (exact) mass is 354 g/mol. The summed E-state index contributed by atoms with van der Waals surface area (Å²) in [4.78, 5) is 40.2. The molecule has 1 unspecified atom stereocenters. The molecule has 24 heavy (non-hydrogen) atoms. The molecule has 3 atom stereocenters. The van der Waals surface area contributed by atoms with Crippen molar-refractivity contribution < 1.29 is 19.5 Å². The number of rotatable bonds is 6. The number of aliphatic carboxylic acids is 1. The summed E-state index contributed by atoms with van der Waals surface area (Å²) in [5.41, 5.74) is 0. The number of carboxylic acids is 1. The molecular formula is C17H26N2O4S. The van der Waals surface area contributed by atoms with Gasteiger partial charge in [0.1, 0.15) is 6.04 Å². The normalized spacial score (nSPS) is 30.0. The number of amides is 2. The van der Waals surface area contributed by atoms with E-state index in [1.807, 2.05) is 6.92 Å². The lowest BCUT2D eigenvalue weighted by Gasteiger charge is -2.27. The Morgan fingerprint density at radius 3 is 2.58 bits per heavy atom. The van der Waals surface area contributed by atoms with Crippen LogP contribution in [-0.4, -0.2) is 63.5 Å². The highest BCUT2D eigenvalue weighted by Gasteiger charge is 2.48. The minimum absolute atomic E-state index is 0.0490. The highest BCUT2D eigenvalue weighted by Crippen LogP contribution is 2.44. The van der Waals surface area contributed by atoms with E-state index < -0.39 is 17.9 Å². The molecule has 134 valence electrons. The average Bonchev–Trinajstić information content (AvgIpc) is 3.13. The maximum atomic E-state index is 12.9. The van der Waals surface area contributed by atoms with E-state index in [1.54, 1.807) is 21.6 Å². The number of likely N-dealkylation sites (tertiary alicyclic amines) is 1. The van der Waals surface area contributed by atoms with Crippen molar-refractivity contribution in [2.45, 2.75) is 45.1 Å². The van der Waals surface area contributed by atoms with Crippen LogP contribution in [0.1, 0.15) is 39.0 Å². The maximum Gasteiger partial charge on any atom is 0.308 e. The molecule has 2 amide bonds. The molecular weight excluding hydrogens is 328 g/mol. The lowest BCUT2D eigenvalue weighted by atomic mass is 9.92. The van der Waals surface area contributed by atoms with E-state index in [9.17, 15) is 19.5 Å². The van der Waals surface area contributed by atoms with E-state index in [1.165, 1.54) is 0 Å². The van der Waals surface area contributed by atoms with Crippen LogP contribution in [0.5, 0.6) is 0 Å². The highest BCUT2D eigenvalue weighted by atomic mass is 32.2. The molecule has 0 aromatic rings. The van der Waals surface area contributed by atoms with Crippen LogP contribution >= 0.6 is 11.8 Å². The molecule has 0 spiro atoms. The molecule has 2 heterocycles. The van der Waals surface area contributed by atoms with Gasteiger partial charge in [-0.15, -0.1) is 11.8 Å². The molecule has 0 bridgehead atoms. The summed E-state index contributed by atoms with van der Waals surface area (Å²) in [6.07, 6.45) is 4.45. The zero-order chi connectivity index (χ0) is 17.3. The Morgan fingerprint density at radius 2 is 1.96 bits per heavy atom. The molecule has 2 aliphatic heterocycles. The van der Waals surface area contributed by atoms with Crippen molar-refractivity contribution in [3.63, 3.8) is 0 Å². The predicted octanol–water partition coefficient (Wildman–Crippen LogP) is 1.65. The smallest absolute Gasteiger partial charge is 0.308 e. The van der Waals surface area contributed by atoms with Crippen LogP contribution in [0.2, 0.25) is 0 Å². The Balaban J connectivity index is 1.65. The summed E-state index contributed by atoms with van der Waals surface area (Å²) in [6, 6.07) is -0.410. The molecule has 3 aliphatic rings. The standard InChI is InChI=1S/C17H26N2O4S/c1-2-3-4-15(20)19-10-24-9-14(19)16(21)18-7-12(11-5-6-11)13(8-18)17(22)23/h11-14H,2-10H2,1H3,(H,22,23)/t12-,13+,14?/m1/s1. The number of nitrogens with zero attached hydrogens (tertiary/aromatic N) is 2. The molecule has 3 rings (SSSR count). The number of hydrogen-bond acceptors (Lipinski definition) is 4. The Hall–Kier alpha value is -1.24. The first-order valence-electron chi connectivity index (χ1n) is 8.91. The number of carboxylic acid groups (broad SMARTS) is 1. The summed E-state index contributed by atoms with van der Waals surface area (Å²) in [6.45, 7) is 2.88. The summed E-state index contributed by atoms with van der Waals surface area (Å²) in [5, 5.41) is 9.46. The van der Waals surface area contributed by atoms with E-state index in [2.05, 4.69) is 0 Å². The van der Waals surface area contributed by atoms with Gasteiger partial charge in [-0.3, -0.25) is 14.4 Å². The fourth-order valence-corrected chi connectivity index (χ4v) is 5.02. The Labute approximate surface area is 146 Å². The first kappa shape index (κ1) is 17.6. The average molecular weight is 354 g/mol. The van der Waals surface area contributed by atoms with Crippen molar-refractivity contribution in [3.05, 3.63) is 0 Å². The van der Waals surface area contributed by atoms with Crippen molar-refractivity contribution in [2.24, 2.45) is 17.8 Å². The minimum Gasteiger partial charge on any atom is -0.481 e. The number of carbonyl (C=O) groups is 3. The van der Waals surface area contributed by atoms with Crippen LogP contribution in [-0.2, 0) is 14.4 Å². The fraction of sp³-hybridized carbons (Fsp3) is 0.824. The number of carbonyl (C=O) groups excluding carboxylic acids is 2. The summed E-state index contributed by atoms with van der Waals surface area (Å²) in [7, 11) is 0. The van der Waals surface area contributed by atoms with Crippen molar-refractivity contribution >= 4 is 29.5 Å². The third-order valence-electron chi connectivity index (χ3n) is 5.45. The molecule has 1 aliphatic carbocycles. The predicted molar refractivity (Wildman–Crippen MR) is 91.4 cm³/mol. The Morgan fingerprint density at radius 1 is 1.21 bits per heavy atom. The van der Waals surface area contributed by atoms with Crippen LogP contribution in [0, 0.1) is 17.8 Å². The van der Waals surface area contributed by atoms with E-state index in [0.717, 1.165) is 25.7 Å². The van der Waals surface area contributed by atoms with Gasteiger partial charge in [0.05, 0.1) is 11.8 Å². The maximum absolute atomic E-state index is 12.9. The molecule has 3 fully saturated rings. The van der Waals surface area contributed by atoms with Gasteiger partial charge in [-0.05, 0) is 31.1 Å². The van der Waals surface area contributed by atoms with Gasteiger partial charge in [0, 0.05) is 25.3 Å². The SMILES string of the molecule is CCCCC(=O)N1CSCC1C(=O)N1C[C@H](C(=O)O)[C@@H](C2CC2)C1. The summed E-state index contributed by atoms with van der Waals surface area (Å²) >= 11 is 1.61. The van der Waals surface area contributed by atoms with E-state index in [-0.39, 0.29) is 17.7 Å². The summed E-state index contributed by atoms with van der Waals surface area (Å²) in [5.74, 6) is 0.500. The third-order valence-corrected chi connectivity index (χ3v) is 6.47. The zero-order valence-corrected chi connectivity index (χ0v) is 15.0. The number of thioether (sulfide) groups is 1. The van der Waals surface area contributed by atoms with E-state index in [4.69, 9.17) is 0 Å². The van der Waals surface area contributed by atoms with Gasteiger partial charge in [-0.25, -0.2) is 0 Å². The number of hydrogen-bond donors (Lipinski definition) is 1. The van der Waals surface area contributed by atoms with E-state index in [0.29, 0.717) is 37.1 Å². The van der Waals surface area contributed by atoms with Crippen molar-refractivity contribution in [1.29, 1.82) is 0 Å². The number of unbranched alkanes of at least 4 members (excludes halogenated alkanes) is 1. The van der Waals surface area contributed by atoms with Crippen LogP contribution in [0.25, 0.3) is 0 Å². The first-order valence-corrected chi connectivity index (χ1v) is 10.1. The minimum atomic E-state index is -0.793. The second-order valence-corrected chi connectivity index (χ2v) is 8.17. The highest BCUT2D eigenvalue weighted by molar-refractivity contribution is 7.99. The van der Waals surface area contributed by atoms with E-state index >= 15 is 0 Å². The van der Waals surface area contributed by atoms with Crippen molar-refractivity contribution in [1.82, 2.24) is 9.80 Å². The zero-order valence-electron chi connectivity index (χ0n) is 14.1. The Kier molecular flexibility index (Phi) is 5.37. The first-order chi connectivity index (χ1) is 11.5. The molecule has 0 aromatic heterocycles. The Bertz CT molecular complexity index is 523. The molecule has 7 heteroatoms. The van der Waals surface area contributed by atoms with Gasteiger partial charge in [0.2, 0.25) is 11.8 Å². The van der Waals surface area contributed by atoms with Crippen LogP contribution < -0.4 is 0 Å². The lowest BCUT2D eigenvalue weighted by molar-refractivity contribution is -0.144. The van der Waals surface area contributed by atoms with Gasteiger partial charge >= 0.3 is 5.97 Å². The van der Waals surface area contributed by atoms with Gasteiger partial charge in [0.15, 0.2) is 0 Å². The molecule has 0 radical (unpaired) electrons. The van der Waals surface area contributed by atoms with Gasteiger partial charge in [-0.2, -0.15) is 0 Å². The van der Waals surface area contributed by atoms with Crippen LogP contribution in [0.15, 0.2) is 0 Å². The second-order valence-electron chi connectivity index (χ2n) is 7.17. The van der Waals surface area contributed by atoms with Crippen LogP contribution in [0.4, 0.5) is 0 Å². The van der Waals surface area contributed by atoms with Gasteiger partial charge < -0.3 is 14.9 Å². The molecule has 1 saturated carbocycles. The largest absolute Gasteiger partial charge is 0.481 e. The molecule has 0 aromatic carbocycles. The van der Waals surface area contributed by atoms with Crippen molar-refractivity contribution in [3.8, 4) is 0 Å². The molecule has 6 nitrogen and oxygen atoms in total. The fourth-order valence-electron chi connectivity index (χ4n) is 3.85. The molecule has 1 N–H and O–H groups in total. The summed E-state index contributed by atoms with van der Waals surface area (Å²) < 4.78 is 0.